The maximum absolute atomic E-state index is 5.94. The second-order valence-electron chi connectivity index (χ2n) is 4.40. The van der Waals surface area contributed by atoms with Gasteiger partial charge < -0.3 is 11.1 Å². The first-order valence-electron chi connectivity index (χ1n) is 5.73. The SMILES string of the molecule is CNCC(N)CCC1CCCCC1. The second-order valence-corrected chi connectivity index (χ2v) is 4.40. The van der Waals surface area contributed by atoms with Crippen LogP contribution < -0.4 is 11.1 Å². The minimum absolute atomic E-state index is 0.368. The lowest BCUT2D eigenvalue weighted by molar-refractivity contribution is 0.322. The molecule has 2 nitrogen and oxygen atoms in total. The van der Waals surface area contributed by atoms with Gasteiger partial charge in [-0.15, -0.1) is 0 Å². The van der Waals surface area contributed by atoms with E-state index >= 15 is 0 Å². The molecule has 2 heteroatoms. The Morgan fingerprint density at radius 3 is 2.62 bits per heavy atom. The Morgan fingerprint density at radius 1 is 1.31 bits per heavy atom. The number of rotatable bonds is 5. The van der Waals surface area contributed by atoms with Crippen LogP contribution in [0.25, 0.3) is 0 Å². The van der Waals surface area contributed by atoms with Gasteiger partial charge in [-0.05, 0) is 25.8 Å². The number of nitrogens with two attached hydrogens (primary N) is 1. The first-order valence-corrected chi connectivity index (χ1v) is 5.73. The molecule has 1 rings (SSSR count). The Bertz CT molecular complexity index is 119. The zero-order valence-corrected chi connectivity index (χ0v) is 8.89. The summed E-state index contributed by atoms with van der Waals surface area (Å²) in [5, 5.41) is 3.13. The summed E-state index contributed by atoms with van der Waals surface area (Å²) in [7, 11) is 1.97. The highest BCUT2D eigenvalue weighted by Crippen LogP contribution is 2.27. The first-order chi connectivity index (χ1) is 6.33. The van der Waals surface area contributed by atoms with Crippen molar-refractivity contribution < 1.29 is 0 Å². The molecule has 0 aromatic carbocycles. The van der Waals surface area contributed by atoms with Crippen LogP contribution in [0.3, 0.4) is 0 Å². The molecule has 1 saturated carbocycles. The highest BCUT2D eigenvalue weighted by atomic mass is 14.9. The maximum Gasteiger partial charge on any atom is 0.0165 e. The van der Waals surface area contributed by atoms with Crippen LogP contribution in [-0.4, -0.2) is 19.6 Å². The molecule has 13 heavy (non-hydrogen) atoms. The van der Waals surface area contributed by atoms with E-state index in [2.05, 4.69) is 5.32 Å². The van der Waals surface area contributed by atoms with Gasteiger partial charge in [0.25, 0.3) is 0 Å². The van der Waals surface area contributed by atoms with E-state index in [0.717, 1.165) is 12.5 Å². The van der Waals surface area contributed by atoms with Crippen molar-refractivity contribution in [3.63, 3.8) is 0 Å². The fraction of sp³-hybridized carbons (Fsp3) is 1.00. The Morgan fingerprint density at radius 2 is 2.00 bits per heavy atom. The molecular formula is C11H24N2. The Balaban J connectivity index is 2.03. The van der Waals surface area contributed by atoms with Crippen molar-refractivity contribution in [2.45, 2.75) is 51.0 Å². The molecule has 0 spiro atoms. The molecule has 1 atom stereocenters. The van der Waals surface area contributed by atoms with E-state index < -0.39 is 0 Å². The molecule has 0 aromatic rings. The molecule has 0 bridgehead atoms. The summed E-state index contributed by atoms with van der Waals surface area (Å²) in [5.41, 5.74) is 5.94. The van der Waals surface area contributed by atoms with Crippen LogP contribution >= 0.6 is 0 Å². The monoisotopic (exact) mass is 184 g/mol. The van der Waals surface area contributed by atoms with Gasteiger partial charge in [-0.3, -0.25) is 0 Å². The summed E-state index contributed by atoms with van der Waals surface area (Å²) in [6.07, 6.45) is 9.81. The van der Waals surface area contributed by atoms with E-state index in [0.29, 0.717) is 6.04 Å². The van der Waals surface area contributed by atoms with Gasteiger partial charge in [-0.25, -0.2) is 0 Å². The summed E-state index contributed by atoms with van der Waals surface area (Å²) >= 11 is 0. The third kappa shape index (κ3) is 4.63. The van der Waals surface area contributed by atoms with E-state index in [1.165, 1.54) is 44.9 Å². The number of likely N-dealkylation sites (N-methyl/N-ethyl adjacent to an activating group) is 1. The molecule has 1 unspecified atom stereocenters. The zero-order valence-electron chi connectivity index (χ0n) is 8.89. The van der Waals surface area contributed by atoms with Crippen LogP contribution in [0.2, 0.25) is 0 Å². The summed E-state index contributed by atoms with van der Waals surface area (Å²) < 4.78 is 0. The van der Waals surface area contributed by atoms with Gasteiger partial charge in [0.1, 0.15) is 0 Å². The number of hydrogen-bond donors (Lipinski definition) is 2. The third-order valence-corrected chi connectivity index (χ3v) is 3.14. The fourth-order valence-corrected chi connectivity index (χ4v) is 2.29. The Labute approximate surface area is 82.3 Å². The molecule has 0 aliphatic heterocycles. The predicted octanol–water partition coefficient (Wildman–Crippen LogP) is 1.89. The predicted molar refractivity (Wildman–Crippen MR) is 57.7 cm³/mol. The van der Waals surface area contributed by atoms with E-state index in [1.807, 2.05) is 7.05 Å². The van der Waals surface area contributed by atoms with E-state index in [1.54, 1.807) is 0 Å². The van der Waals surface area contributed by atoms with Crippen molar-refractivity contribution >= 4 is 0 Å². The van der Waals surface area contributed by atoms with Crippen LogP contribution in [0.1, 0.15) is 44.9 Å². The van der Waals surface area contributed by atoms with E-state index in [4.69, 9.17) is 5.73 Å². The lowest BCUT2D eigenvalue weighted by Crippen LogP contribution is -2.32. The highest BCUT2D eigenvalue weighted by Gasteiger charge is 2.14. The van der Waals surface area contributed by atoms with Gasteiger partial charge in [-0.2, -0.15) is 0 Å². The van der Waals surface area contributed by atoms with Gasteiger partial charge in [0.2, 0.25) is 0 Å². The number of hydrogen-bond acceptors (Lipinski definition) is 2. The van der Waals surface area contributed by atoms with Crippen molar-refractivity contribution in [3.05, 3.63) is 0 Å². The summed E-state index contributed by atoms with van der Waals surface area (Å²) in [5.74, 6) is 0.983. The molecule has 3 N–H and O–H groups in total. The van der Waals surface area contributed by atoms with E-state index in [-0.39, 0.29) is 0 Å². The average Bonchev–Trinajstić information content (AvgIpc) is 2.17. The van der Waals surface area contributed by atoms with Crippen LogP contribution in [0.15, 0.2) is 0 Å². The maximum atomic E-state index is 5.94. The topological polar surface area (TPSA) is 38.0 Å². The van der Waals surface area contributed by atoms with Gasteiger partial charge in [-0.1, -0.05) is 32.1 Å². The third-order valence-electron chi connectivity index (χ3n) is 3.14. The van der Waals surface area contributed by atoms with E-state index in [9.17, 15) is 0 Å². The standard InChI is InChI=1S/C11H24N2/c1-13-9-11(12)8-7-10-5-3-2-4-6-10/h10-11,13H,2-9,12H2,1H3. The van der Waals surface area contributed by atoms with Crippen LogP contribution in [0.4, 0.5) is 0 Å². The average molecular weight is 184 g/mol. The van der Waals surface area contributed by atoms with Gasteiger partial charge in [0.05, 0.1) is 0 Å². The molecule has 0 amide bonds. The van der Waals surface area contributed by atoms with Gasteiger partial charge >= 0.3 is 0 Å². The van der Waals surface area contributed by atoms with Crippen LogP contribution in [0.5, 0.6) is 0 Å². The van der Waals surface area contributed by atoms with Crippen LogP contribution in [-0.2, 0) is 0 Å². The van der Waals surface area contributed by atoms with Crippen molar-refractivity contribution in [1.82, 2.24) is 5.32 Å². The van der Waals surface area contributed by atoms with Gasteiger partial charge in [0.15, 0.2) is 0 Å². The van der Waals surface area contributed by atoms with Gasteiger partial charge in [0, 0.05) is 12.6 Å². The summed E-state index contributed by atoms with van der Waals surface area (Å²) in [4.78, 5) is 0. The van der Waals surface area contributed by atoms with Crippen molar-refractivity contribution in [2.24, 2.45) is 11.7 Å². The minimum atomic E-state index is 0.368. The largest absolute Gasteiger partial charge is 0.327 e. The Hall–Kier alpha value is -0.0800. The molecule has 1 fully saturated rings. The lowest BCUT2D eigenvalue weighted by atomic mass is 9.85. The molecule has 0 aromatic heterocycles. The minimum Gasteiger partial charge on any atom is -0.327 e. The lowest BCUT2D eigenvalue weighted by Gasteiger charge is -2.22. The first kappa shape index (κ1) is 11.0. The molecule has 0 heterocycles. The normalized spacial score (nSPS) is 21.7. The molecular weight excluding hydrogens is 160 g/mol. The van der Waals surface area contributed by atoms with Crippen molar-refractivity contribution in [1.29, 1.82) is 0 Å². The second kappa shape index (κ2) is 6.39. The summed E-state index contributed by atoms with van der Waals surface area (Å²) in [6.45, 7) is 0.965. The molecule has 1 aliphatic carbocycles. The quantitative estimate of drug-likeness (QED) is 0.685. The fourth-order valence-electron chi connectivity index (χ4n) is 2.29. The Kier molecular flexibility index (Phi) is 5.40. The molecule has 0 radical (unpaired) electrons. The van der Waals surface area contributed by atoms with Crippen molar-refractivity contribution in [3.8, 4) is 0 Å². The molecule has 0 saturated heterocycles. The molecule has 78 valence electrons. The smallest absolute Gasteiger partial charge is 0.0165 e. The highest BCUT2D eigenvalue weighted by molar-refractivity contribution is 4.70. The summed E-state index contributed by atoms with van der Waals surface area (Å²) in [6, 6.07) is 0.368. The zero-order chi connectivity index (χ0) is 9.52. The van der Waals surface area contributed by atoms with Crippen LogP contribution in [0, 0.1) is 5.92 Å². The molecule has 1 aliphatic rings. The van der Waals surface area contributed by atoms with Crippen molar-refractivity contribution in [2.75, 3.05) is 13.6 Å². The number of nitrogens with one attached hydrogen (secondary N) is 1.